The van der Waals surface area contributed by atoms with Gasteiger partial charge in [0.25, 0.3) is 0 Å². The van der Waals surface area contributed by atoms with Gasteiger partial charge in [0, 0.05) is 37.9 Å². The summed E-state index contributed by atoms with van der Waals surface area (Å²) in [6, 6.07) is 20.5. The highest BCUT2D eigenvalue weighted by atomic mass is 16.2. The molecule has 0 bridgehead atoms. The zero-order chi connectivity index (χ0) is 20.3. The van der Waals surface area contributed by atoms with E-state index in [1.807, 2.05) is 47.5 Å². The maximum atomic E-state index is 13.3. The topological polar surface area (TPSA) is 49.3 Å². The molecule has 5 rings (SSSR count). The molecule has 152 valence electrons. The number of aromatic nitrogens is 2. The summed E-state index contributed by atoms with van der Waals surface area (Å²) in [6.07, 6.45) is 4.96. The Bertz CT molecular complexity index is 1030. The molecule has 1 amide bonds. The molecule has 1 fully saturated rings. The largest absolute Gasteiger partial charge is 0.353 e. The molecule has 1 aliphatic carbocycles. The summed E-state index contributed by atoms with van der Waals surface area (Å²) in [7, 11) is 0. The van der Waals surface area contributed by atoms with Gasteiger partial charge in [-0.05, 0) is 36.5 Å². The lowest BCUT2D eigenvalue weighted by Crippen LogP contribution is -2.50. The van der Waals surface area contributed by atoms with Crippen LogP contribution >= 0.6 is 0 Å². The molecule has 0 N–H and O–H groups in total. The molecule has 1 unspecified atom stereocenters. The van der Waals surface area contributed by atoms with E-state index < -0.39 is 0 Å². The summed E-state index contributed by atoms with van der Waals surface area (Å²) in [5.74, 6) is 1.98. The van der Waals surface area contributed by atoms with Crippen LogP contribution in [0.15, 0.2) is 66.9 Å². The first-order valence-corrected chi connectivity index (χ1v) is 10.8. The molecule has 0 radical (unpaired) electrons. The summed E-state index contributed by atoms with van der Waals surface area (Å²) in [5.41, 5.74) is 3.60. The Balaban J connectivity index is 1.27. The number of aryl methyl sites for hydroxylation is 1. The Kier molecular flexibility index (Phi) is 5.18. The summed E-state index contributed by atoms with van der Waals surface area (Å²) >= 11 is 0. The van der Waals surface area contributed by atoms with E-state index >= 15 is 0 Å². The number of anilines is 1. The molecule has 2 heterocycles. The second-order valence-electron chi connectivity index (χ2n) is 8.06. The van der Waals surface area contributed by atoms with E-state index in [0.29, 0.717) is 0 Å². The van der Waals surface area contributed by atoms with Gasteiger partial charge in [-0.3, -0.25) is 4.79 Å². The van der Waals surface area contributed by atoms with Gasteiger partial charge >= 0.3 is 0 Å². The summed E-state index contributed by atoms with van der Waals surface area (Å²) < 4.78 is 0. The van der Waals surface area contributed by atoms with Gasteiger partial charge < -0.3 is 9.80 Å². The first kappa shape index (κ1) is 18.8. The first-order valence-electron chi connectivity index (χ1n) is 10.8. The van der Waals surface area contributed by atoms with E-state index in [0.717, 1.165) is 62.6 Å². The van der Waals surface area contributed by atoms with Crippen molar-refractivity contribution in [2.45, 2.75) is 25.2 Å². The number of carbonyl (C=O) groups excluding carboxylic acids is 1. The Morgan fingerprint density at radius 3 is 2.50 bits per heavy atom. The van der Waals surface area contributed by atoms with Gasteiger partial charge in [0.15, 0.2) is 5.82 Å². The van der Waals surface area contributed by atoms with Gasteiger partial charge in [0.1, 0.15) is 5.82 Å². The van der Waals surface area contributed by atoms with Crippen molar-refractivity contribution in [1.82, 2.24) is 14.9 Å². The molecule has 1 aliphatic heterocycles. The predicted octanol–water partition coefficient (Wildman–Crippen LogP) is 3.91. The monoisotopic (exact) mass is 398 g/mol. The van der Waals surface area contributed by atoms with Crippen molar-refractivity contribution in [2.75, 3.05) is 31.1 Å². The van der Waals surface area contributed by atoms with Crippen molar-refractivity contribution in [2.24, 2.45) is 0 Å². The van der Waals surface area contributed by atoms with E-state index in [4.69, 9.17) is 4.98 Å². The fourth-order valence-corrected chi connectivity index (χ4v) is 4.64. The zero-order valence-corrected chi connectivity index (χ0v) is 17.1. The van der Waals surface area contributed by atoms with E-state index in [1.165, 1.54) is 11.1 Å². The van der Waals surface area contributed by atoms with E-state index in [-0.39, 0.29) is 11.8 Å². The van der Waals surface area contributed by atoms with Gasteiger partial charge in [-0.15, -0.1) is 0 Å². The van der Waals surface area contributed by atoms with E-state index in [1.54, 1.807) is 0 Å². The maximum Gasteiger partial charge on any atom is 0.230 e. The van der Waals surface area contributed by atoms with Gasteiger partial charge in [-0.1, -0.05) is 54.6 Å². The van der Waals surface area contributed by atoms with Crippen LogP contribution in [0.1, 0.15) is 29.9 Å². The third-order valence-corrected chi connectivity index (χ3v) is 6.26. The van der Waals surface area contributed by atoms with Crippen molar-refractivity contribution in [1.29, 1.82) is 0 Å². The average Bonchev–Trinajstić information content (AvgIpc) is 2.84. The highest BCUT2D eigenvalue weighted by molar-refractivity contribution is 5.84. The average molecular weight is 399 g/mol. The lowest BCUT2D eigenvalue weighted by Gasteiger charge is -2.38. The Labute approximate surface area is 177 Å². The van der Waals surface area contributed by atoms with Crippen LogP contribution in [0.25, 0.3) is 11.4 Å². The lowest BCUT2D eigenvalue weighted by atomic mass is 9.82. The van der Waals surface area contributed by atoms with Crippen LogP contribution in [-0.4, -0.2) is 47.0 Å². The van der Waals surface area contributed by atoms with E-state index in [9.17, 15) is 4.79 Å². The summed E-state index contributed by atoms with van der Waals surface area (Å²) in [5, 5.41) is 0. The van der Waals surface area contributed by atoms with Crippen LogP contribution in [0.2, 0.25) is 0 Å². The van der Waals surface area contributed by atoms with Gasteiger partial charge in [0.2, 0.25) is 5.91 Å². The van der Waals surface area contributed by atoms with Gasteiger partial charge in [-0.25, -0.2) is 9.97 Å². The fourth-order valence-electron chi connectivity index (χ4n) is 4.64. The Hall–Kier alpha value is -3.21. The molecule has 0 spiro atoms. The van der Waals surface area contributed by atoms with Gasteiger partial charge in [-0.2, -0.15) is 0 Å². The number of hydrogen-bond donors (Lipinski definition) is 0. The molecule has 0 saturated carbocycles. The third-order valence-electron chi connectivity index (χ3n) is 6.26. The molecule has 3 aromatic rings. The molecular weight excluding hydrogens is 372 g/mol. The number of nitrogens with zero attached hydrogens (tertiary/aromatic N) is 4. The van der Waals surface area contributed by atoms with Crippen molar-refractivity contribution < 1.29 is 4.79 Å². The fraction of sp³-hybridized carbons (Fsp3) is 0.320. The minimum Gasteiger partial charge on any atom is -0.353 e. The highest BCUT2D eigenvalue weighted by Gasteiger charge is 2.31. The van der Waals surface area contributed by atoms with Crippen LogP contribution in [0.4, 0.5) is 5.82 Å². The van der Waals surface area contributed by atoms with Crippen LogP contribution in [0.3, 0.4) is 0 Å². The molecule has 5 nitrogen and oxygen atoms in total. The van der Waals surface area contributed by atoms with Crippen molar-refractivity contribution >= 4 is 11.7 Å². The SMILES string of the molecule is O=C(C1CCCc2ccccc21)N1CCN(c2ccnc(-c3ccccc3)n2)CC1. The second kappa shape index (κ2) is 8.27. The Morgan fingerprint density at radius 1 is 0.900 bits per heavy atom. The summed E-state index contributed by atoms with van der Waals surface area (Å²) in [4.78, 5) is 26.8. The smallest absolute Gasteiger partial charge is 0.230 e. The van der Waals surface area contributed by atoms with Crippen LogP contribution < -0.4 is 4.90 Å². The second-order valence-corrected chi connectivity index (χ2v) is 8.06. The molecule has 1 atom stereocenters. The summed E-state index contributed by atoms with van der Waals surface area (Å²) in [6.45, 7) is 3.07. The predicted molar refractivity (Wildman–Crippen MR) is 118 cm³/mol. The molecule has 1 saturated heterocycles. The maximum absolute atomic E-state index is 13.3. The third kappa shape index (κ3) is 3.67. The minimum atomic E-state index is 0.0187. The molecular formula is C25H26N4O. The molecule has 2 aromatic carbocycles. The number of fused-ring (bicyclic) bond motifs is 1. The number of amides is 1. The highest BCUT2D eigenvalue weighted by Crippen LogP contribution is 2.33. The van der Waals surface area contributed by atoms with E-state index in [2.05, 4.69) is 34.1 Å². The number of hydrogen-bond acceptors (Lipinski definition) is 4. The Morgan fingerprint density at radius 2 is 1.67 bits per heavy atom. The van der Waals surface area contributed by atoms with Crippen LogP contribution in [-0.2, 0) is 11.2 Å². The molecule has 5 heteroatoms. The molecule has 30 heavy (non-hydrogen) atoms. The first-order chi connectivity index (χ1) is 14.8. The normalized spacial score (nSPS) is 18.7. The van der Waals surface area contributed by atoms with Crippen LogP contribution in [0, 0.1) is 0 Å². The quantitative estimate of drug-likeness (QED) is 0.671. The standard InChI is InChI=1S/C25H26N4O/c30-25(22-12-6-10-19-7-4-5-11-21(19)22)29-17-15-28(16-18-29)23-13-14-26-24(27-23)20-8-2-1-3-9-20/h1-5,7-9,11,13-14,22H,6,10,12,15-18H2. The van der Waals surface area contributed by atoms with Crippen molar-refractivity contribution in [3.8, 4) is 11.4 Å². The molecule has 1 aromatic heterocycles. The number of piperazine rings is 1. The van der Waals surface area contributed by atoms with Crippen molar-refractivity contribution in [3.63, 3.8) is 0 Å². The molecule has 2 aliphatic rings. The van der Waals surface area contributed by atoms with Gasteiger partial charge in [0.05, 0.1) is 5.92 Å². The number of benzene rings is 2. The minimum absolute atomic E-state index is 0.0187. The number of carbonyl (C=O) groups is 1. The lowest BCUT2D eigenvalue weighted by molar-refractivity contribution is -0.133. The van der Waals surface area contributed by atoms with Crippen molar-refractivity contribution in [3.05, 3.63) is 78.0 Å². The van der Waals surface area contributed by atoms with Crippen LogP contribution in [0.5, 0.6) is 0 Å². The number of rotatable bonds is 3. The zero-order valence-electron chi connectivity index (χ0n) is 17.1.